The van der Waals surface area contributed by atoms with Gasteiger partial charge in [-0.2, -0.15) is 5.10 Å². The molecule has 7 heteroatoms. The van der Waals surface area contributed by atoms with Crippen molar-refractivity contribution in [1.29, 1.82) is 0 Å². The van der Waals surface area contributed by atoms with Crippen molar-refractivity contribution in [2.45, 2.75) is 46.0 Å². The van der Waals surface area contributed by atoms with Crippen LogP contribution in [0.25, 0.3) is 50.3 Å². The van der Waals surface area contributed by atoms with Crippen molar-refractivity contribution in [2.75, 3.05) is 5.32 Å². The van der Waals surface area contributed by atoms with Gasteiger partial charge in [0.15, 0.2) is 0 Å². The minimum atomic E-state index is 0.439. The van der Waals surface area contributed by atoms with Crippen molar-refractivity contribution in [3.05, 3.63) is 84.5 Å². The molecule has 5 heterocycles. The first-order valence-corrected chi connectivity index (χ1v) is 14.2. The number of aromatic amines is 2. The molecule has 200 valence electrons. The smallest absolute Gasteiger partial charge is 0.138 e. The quantitative estimate of drug-likeness (QED) is 0.199. The molecule has 2 aliphatic rings. The van der Waals surface area contributed by atoms with Crippen LogP contribution in [-0.2, 0) is 0 Å². The molecule has 7 rings (SSSR count). The third kappa shape index (κ3) is 4.22. The number of anilines is 1. The van der Waals surface area contributed by atoms with E-state index in [1.165, 1.54) is 42.4 Å². The van der Waals surface area contributed by atoms with Gasteiger partial charge in [-0.3, -0.25) is 10.1 Å². The third-order valence-corrected chi connectivity index (χ3v) is 8.55. The van der Waals surface area contributed by atoms with E-state index in [1.54, 1.807) is 0 Å². The van der Waals surface area contributed by atoms with Crippen molar-refractivity contribution in [1.82, 2.24) is 30.1 Å². The van der Waals surface area contributed by atoms with E-state index < -0.39 is 0 Å². The Morgan fingerprint density at radius 1 is 1.10 bits per heavy atom. The van der Waals surface area contributed by atoms with Gasteiger partial charge in [0, 0.05) is 35.0 Å². The van der Waals surface area contributed by atoms with Crippen LogP contribution in [0.2, 0.25) is 0 Å². The fourth-order valence-corrected chi connectivity index (χ4v) is 6.38. The molecule has 0 amide bonds. The summed E-state index contributed by atoms with van der Waals surface area (Å²) in [6, 6.07) is 10.4. The molecule has 0 spiro atoms. The zero-order chi connectivity index (χ0) is 27.2. The summed E-state index contributed by atoms with van der Waals surface area (Å²) in [4.78, 5) is 17.7. The number of nitrogens with zero attached hydrogens (tertiary/aromatic N) is 4. The molecule has 0 radical (unpaired) electrons. The predicted octanol–water partition coefficient (Wildman–Crippen LogP) is 8.05. The molecule has 0 unspecified atom stereocenters. The average Bonchev–Trinajstić information content (AvgIpc) is 3.78. The van der Waals surface area contributed by atoms with Gasteiger partial charge in [0.2, 0.25) is 0 Å². The highest BCUT2D eigenvalue weighted by Crippen LogP contribution is 2.40. The zero-order valence-corrected chi connectivity index (χ0v) is 23.0. The van der Waals surface area contributed by atoms with Crippen molar-refractivity contribution in [3.8, 4) is 22.6 Å². The maximum atomic E-state index is 5.04. The molecule has 7 nitrogen and oxygen atoms in total. The molecule has 5 aromatic rings. The fourth-order valence-electron chi connectivity index (χ4n) is 6.38. The second kappa shape index (κ2) is 9.90. The van der Waals surface area contributed by atoms with Crippen molar-refractivity contribution in [3.63, 3.8) is 0 Å². The zero-order valence-electron chi connectivity index (χ0n) is 23.0. The highest BCUT2D eigenvalue weighted by atomic mass is 15.1. The van der Waals surface area contributed by atoms with Crippen LogP contribution in [-0.4, -0.2) is 30.1 Å². The van der Waals surface area contributed by atoms with Crippen molar-refractivity contribution < 1.29 is 0 Å². The van der Waals surface area contributed by atoms with E-state index >= 15 is 0 Å². The monoisotopic (exact) mass is 527 g/mol. The summed E-state index contributed by atoms with van der Waals surface area (Å²) in [6.45, 7) is 8.75. The van der Waals surface area contributed by atoms with Gasteiger partial charge in [-0.1, -0.05) is 44.1 Å². The second-order valence-electron chi connectivity index (χ2n) is 11.1. The van der Waals surface area contributed by atoms with E-state index in [4.69, 9.17) is 4.98 Å². The Morgan fingerprint density at radius 2 is 1.98 bits per heavy atom. The van der Waals surface area contributed by atoms with Gasteiger partial charge in [-0.05, 0) is 73.6 Å². The van der Waals surface area contributed by atoms with Crippen LogP contribution in [0.4, 0.5) is 5.69 Å². The SMILES string of the molecule is C=C(Nc1cncc(-c2ccc3[nH]nc(-c4cc5c(C6=CC=C(C)[C@@H]6CC)ccnc5[nH]4)c3n2)c1)C1CCCC1. The van der Waals surface area contributed by atoms with Gasteiger partial charge < -0.3 is 10.3 Å². The molecule has 1 atom stereocenters. The van der Waals surface area contributed by atoms with Crippen molar-refractivity contribution in [2.24, 2.45) is 11.8 Å². The van der Waals surface area contributed by atoms with Gasteiger partial charge in [0.25, 0.3) is 0 Å². The number of allylic oxidation sites excluding steroid dienone is 5. The summed E-state index contributed by atoms with van der Waals surface area (Å²) in [6.07, 6.45) is 16.1. The lowest BCUT2D eigenvalue weighted by Gasteiger charge is -2.16. The number of aromatic nitrogens is 6. The van der Waals surface area contributed by atoms with E-state index in [1.807, 2.05) is 30.7 Å². The number of rotatable bonds is 7. The van der Waals surface area contributed by atoms with Gasteiger partial charge in [-0.25, -0.2) is 9.97 Å². The highest BCUT2D eigenvalue weighted by molar-refractivity contribution is 5.98. The average molecular weight is 528 g/mol. The predicted molar refractivity (Wildman–Crippen MR) is 162 cm³/mol. The van der Waals surface area contributed by atoms with Gasteiger partial charge in [0.1, 0.15) is 16.9 Å². The van der Waals surface area contributed by atoms with E-state index in [-0.39, 0.29) is 0 Å². The summed E-state index contributed by atoms with van der Waals surface area (Å²) >= 11 is 0. The van der Waals surface area contributed by atoms with Crippen LogP contribution >= 0.6 is 0 Å². The molecule has 0 aromatic carbocycles. The lowest BCUT2D eigenvalue weighted by molar-refractivity contribution is 0.649. The molecule has 1 saturated carbocycles. The Hall–Kier alpha value is -4.52. The Balaban J connectivity index is 1.23. The summed E-state index contributed by atoms with van der Waals surface area (Å²) in [5, 5.41) is 12.4. The van der Waals surface area contributed by atoms with E-state index in [0.29, 0.717) is 11.8 Å². The molecule has 0 bridgehead atoms. The van der Waals surface area contributed by atoms with Gasteiger partial charge >= 0.3 is 0 Å². The topological polar surface area (TPSA) is 95.2 Å². The van der Waals surface area contributed by atoms with Crippen LogP contribution in [0.3, 0.4) is 0 Å². The first-order valence-electron chi connectivity index (χ1n) is 14.2. The molecular formula is C33H33N7. The Kier molecular flexibility index (Phi) is 6.07. The minimum Gasteiger partial charge on any atom is -0.358 e. The van der Waals surface area contributed by atoms with E-state index in [9.17, 15) is 0 Å². The molecule has 0 saturated heterocycles. The summed E-state index contributed by atoms with van der Waals surface area (Å²) in [5.41, 5.74) is 12.0. The maximum Gasteiger partial charge on any atom is 0.138 e. The van der Waals surface area contributed by atoms with Crippen molar-refractivity contribution >= 4 is 33.3 Å². The van der Waals surface area contributed by atoms with Crippen LogP contribution in [0.1, 0.15) is 51.5 Å². The Labute approximate surface area is 233 Å². The van der Waals surface area contributed by atoms with E-state index in [0.717, 1.165) is 62.5 Å². The Morgan fingerprint density at radius 3 is 2.83 bits per heavy atom. The van der Waals surface area contributed by atoms with Gasteiger partial charge in [0.05, 0.1) is 28.8 Å². The summed E-state index contributed by atoms with van der Waals surface area (Å²) < 4.78 is 0. The standard InChI is InChI=1S/C33H33N7/c1-4-24-19(2)9-10-25(24)26-13-14-35-33-27(26)16-30(38-33)32-31-29(39-40-32)12-11-28(37-31)22-15-23(18-34-17-22)36-20(3)21-7-5-6-8-21/h9-18,21,24,36H,3-8H2,1-2H3,(H,35,38)(H,39,40)/t24-/m0/s1. The van der Waals surface area contributed by atoms with Crippen LogP contribution in [0.15, 0.2) is 78.9 Å². The largest absolute Gasteiger partial charge is 0.358 e. The maximum absolute atomic E-state index is 5.04. The molecule has 40 heavy (non-hydrogen) atoms. The first kappa shape index (κ1) is 24.5. The summed E-state index contributed by atoms with van der Waals surface area (Å²) in [5.74, 6) is 0.977. The highest BCUT2D eigenvalue weighted by Gasteiger charge is 2.23. The lowest BCUT2D eigenvalue weighted by Crippen LogP contribution is -2.07. The molecular weight excluding hydrogens is 494 g/mol. The number of hydrogen-bond acceptors (Lipinski definition) is 5. The second-order valence-corrected chi connectivity index (χ2v) is 11.1. The van der Waals surface area contributed by atoms with Crippen LogP contribution in [0.5, 0.6) is 0 Å². The number of nitrogens with one attached hydrogen (secondary N) is 3. The first-order chi connectivity index (χ1) is 19.6. The fraction of sp³-hybridized carbons (Fsp3) is 0.273. The number of hydrogen-bond donors (Lipinski definition) is 3. The summed E-state index contributed by atoms with van der Waals surface area (Å²) in [7, 11) is 0. The number of fused-ring (bicyclic) bond motifs is 2. The van der Waals surface area contributed by atoms with Gasteiger partial charge in [-0.15, -0.1) is 0 Å². The Bertz CT molecular complexity index is 1810. The third-order valence-electron chi connectivity index (χ3n) is 8.55. The van der Waals surface area contributed by atoms with E-state index in [2.05, 4.69) is 81.2 Å². The molecule has 0 aliphatic heterocycles. The lowest BCUT2D eigenvalue weighted by atomic mass is 9.88. The molecule has 1 fully saturated rings. The normalized spacial score (nSPS) is 17.5. The molecule has 3 N–H and O–H groups in total. The number of H-pyrrole nitrogens is 2. The minimum absolute atomic E-state index is 0.439. The van der Waals surface area contributed by atoms with Crippen LogP contribution in [0, 0.1) is 11.8 Å². The molecule has 2 aliphatic carbocycles. The number of pyridine rings is 3. The molecule has 5 aromatic heterocycles. The van der Waals surface area contributed by atoms with Crippen LogP contribution < -0.4 is 5.32 Å².